The molecule has 6 heteroatoms. The maximum Gasteiger partial charge on any atom is 0.242 e. The normalized spacial score (nSPS) is 11.9. The zero-order valence-corrected chi connectivity index (χ0v) is 16.1. The lowest BCUT2D eigenvalue weighted by Crippen LogP contribution is -2.25. The van der Waals surface area contributed by atoms with Crippen LogP contribution in [0.4, 0.5) is 0 Å². The number of sulfonamides is 1. The highest BCUT2D eigenvalue weighted by molar-refractivity contribution is 7.89. The van der Waals surface area contributed by atoms with E-state index in [1.165, 1.54) is 18.4 Å². The van der Waals surface area contributed by atoms with Gasteiger partial charge in [0.1, 0.15) is 12.4 Å². The number of rotatable bonds is 8. The molecule has 0 aliphatic carbocycles. The molecule has 0 radical (unpaired) electrons. The van der Waals surface area contributed by atoms with E-state index in [1.54, 1.807) is 18.2 Å². The summed E-state index contributed by atoms with van der Waals surface area (Å²) in [4.78, 5) is 2.43. The van der Waals surface area contributed by atoms with Crippen molar-refractivity contribution in [1.29, 1.82) is 0 Å². The van der Waals surface area contributed by atoms with Crippen LogP contribution >= 0.6 is 0 Å². The monoisotopic (exact) mass is 362 g/mol. The lowest BCUT2D eigenvalue weighted by atomic mass is 10.2. The van der Waals surface area contributed by atoms with Gasteiger partial charge in [-0.1, -0.05) is 30.3 Å². The molecular weight excluding hydrogens is 336 g/mol. The fourth-order valence-corrected chi connectivity index (χ4v) is 3.41. The highest BCUT2D eigenvalue weighted by Crippen LogP contribution is 2.17. The Morgan fingerprint density at radius 1 is 1.00 bits per heavy atom. The molecule has 0 bridgehead atoms. The summed E-state index contributed by atoms with van der Waals surface area (Å²) in [6.07, 6.45) is 0. The third kappa shape index (κ3) is 5.29. The minimum Gasteiger partial charge on any atom is -0.492 e. The van der Waals surface area contributed by atoms with E-state index >= 15 is 0 Å². The van der Waals surface area contributed by atoms with Crippen molar-refractivity contribution >= 4 is 10.0 Å². The smallest absolute Gasteiger partial charge is 0.242 e. The van der Waals surface area contributed by atoms with Crippen molar-refractivity contribution in [3.8, 4) is 5.75 Å². The van der Waals surface area contributed by atoms with Crippen molar-refractivity contribution in [3.63, 3.8) is 0 Å². The first-order valence-corrected chi connectivity index (χ1v) is 9.63. The van der Waals surface area contributed by atoms with Crippen LogP contribution in [-0.2, 0) is 16.6 Å². The Balaban J connectivity index is 1.93. The topological polar surface area (TPSA) is 49.9 Å². The SMILES string of the molecule is Cc1ccccc1OCCN(C)Cc1cccc(S(=O)(=O)N(C)C)c1. The molecule has 0 heterocycles. The van der Waals surface area contributed by atoms with E-state index in [9.17, 15) is 8.42 Å². The van der Waals surface area contributed by atoms with Crippen LogP contribution in [0, 0.1) is 6.92 Å². The van der Waals surface area contributed by atoms with Gasteiger partial charge < -0.3 is 4.74 Å². The van der Waals surface area contributed by atoms with E-state index in [0.29, 0.717) is 18.0 Å². The molecule has 0 aliphatic rings. The summed E-state index contributed by atoms with van der Waals surface area (Å²) in [6.45, 7) is 4.01. The highest BCUT2D eigenvalue weighted by atomic mass is 32.2. The van der Waals surface area contributed by atoms with Gasteiger partial charge in [0.25, 0.3) is 0 Å². The molecule has 0 amide bonds. The Hall–Kier alpha value is -1.89. The number of nitrogens with zero attached hydrogens (tertiary/aromatic N) is 2. The van der Waals surface area contributed by atoms with Crippen LogP contribution in [0.3, 0.4) is 0 Å². The van der Waals surface area contributed by atoms with E-state index in [0.717, 1.165) is 23.4 Å². The van der Waals surface area contributed by atoms with Gasteiger partial charge in [-0.05, 0) is 43.3 Å². The number of benzene rings is 2. The van der Waals surface area contributed by atoms with E-state index in [2.05, 4.69) is 4.90 Å². The van der Waals surface area contributed by atoms with Crippen molar-refractivity contribution < 1.29 is 13.2 Å². The van der Waals surface area contributed by atoms with Crippen LogP contribution in [0.15, 0.2) is 53.4 Å². The third-order valence-corrected chi connectivity index (χ3v) is 5.76. The molecule has 0 fully saturated rings. The summed E-state index contributed by atoms with van der Waals surface area (Å²) in [6, 6.07) is 15.0. The van der Waals surface area contributed by atoms with Gasteiger partial charge in [0.15, 0.2) is 0 Å². The van der Waals surface area contributed by atoms with Crippen molar-refractivity contribution in [2.24, 2.45) is 0 Å². The van der Waals surface area contributed by atoms with E-state index in [4.69, 9.17) is 4.74 Å². The molecule has 0 unspecified atom stereocenters. The summed E-state index contributed by atoms with van der Waals surface area (Å²) in [5, 5.41) is 0. The first kappa shape index (κ1) is 19.4. The maximum atomic E-state index is 12.2. The fourth-order valence-electron chi connectivity index (χ4n) is 2.44. The zero-order valence-electron chi connectivity index (χ0n) is 15.3. The number of likely N-dealkylation sites (N-methyl/N-ethyl adjacent to an activating group) is 1. The number of para-hydroxylation sites is 1. The largest absolute Gasteiger partial charge is 0.492 e. The molecule has 0 saturated carbocycles. The number of hydrogen-bond donors (Lipinski definition) is 0. The second-order valence-electron chi connectivity index (χ2n) is 6.29. The molecule has 0 atom stereocenters. The van der Waals surface area contributed by atoms with Gasteiger partial charge in [-0.15, -0.1) is 0 Å². The van der Waals surface area contributed by atoms with Crippen molar-refractivity contribution in [3.05, 3.63) is 59.7 Å². The van der Waals surface area contributed by atoms with Gasteiger partial charge >= 0.3 is 0 Å². The highest BCUT2D eigenvalue weighted by Gasteiger charge is 2.17. The van der Waals surface area contributed by atoms with Crippen LogP contribution < -0.4 is 4.74 Å². The van der Waals surface area contributed by atoms with E-state index in [1.807, 2.05) is 44.3 Å². The molecule has 2 aromatic rings. The first-order chi connectivity index (χ1) is 11.8. The molecule has 0 spiro atoms. The Morgan fingerprint density at radius 2 is 1.72 bits per heavy atom. The minimum absolute atomic E-state index is 0.319. The predicted molar refractivity (Wildman–Crippen MR) is 100 cm³/mol. The Morgan fingerprint density at radius 3 is 2.40 bits per heavy atom. The van der Waals surface area contributed by atoms with Crippen LogP contribution in [0.5, 0.6) is 5.75 Å². The molecule has 0 aliphatic heterocycles. The molecular formula is C19H26N2O3S. The van der Waals surface area contributed by atoms with Crippen LogP contribution in [0.2, 0.25) is 0 Å². The van der Waals surface area contributed by atoms with Crippen molar-refractivity contribution in [2.75, 3.05) is 34.3 Å². The molecule has 2 aromatic carbocycles. The average molecular weight is 362 g/mol. The quantitative estimate of drug-likeness (QED) is 0.725. The summed E-state index contributed by atoms with van der Waals surface area (Å²) in [7, 11) is 1.67. The zero-order chi connectivity index (χ0) is 18.4. The standard InChI is InChI=1S/C19H26N2O3S/c1-16-8-5-6-11-19(16)24-13-12-21(4)15-17-9-7-10-18(14-17)25(22,23)20(2)3/h5-11,14H,12-13,15H2,1-4H3. The average Bonchev–Trinajstić information content (AvgIpc) is 2.56. The molecule has 0 aromatic heterocycles. The minimum atomic E-state index is -3.40. The Bertz CT molecular complexity index is 804. The van der Waals surface area contributed by atoms with Crippen LogP contribution in [0.1, 0.15) is 11.1 Å². The molecule has 5 nitrogen and oxygen atoms in total. The fraction of sp³-hybridized carbons (Fsp3) is 0.368. The lowest BCUT2D eigenvalue weighted by Gasteiger charge is -2.18. The molecule has 136 valence electrons. The number of ether oxygens (including phenoxy) is 1. The van der Waals surface area contributed by atoms with Gasteiger partial charge in [0, 0.05) is 27.2 Å². The van der Waals surface area contributed by atoms with E-state index < -0.39 is 10.0 Å². The van der Waals surface area contributed by atoms with Gasteiger partial charge in [0.2, 0.25) is 10.0 Å². The second-order valence-corrected chi connectivity index (χ2v) is 8.44. The number of aryl methyl sites for hydroxylation is 1. The second kappa shape index (κ2) is 8.47. The first-order valence-electron chi connectivity index (χ1n) is 8.19. The number of hydrogen-bond acceptors (Lipinski definition) is 4. The molecule has 0 saturated heterocycles. The lowest BCUT2D eigenvalue weighted by molar-refractivity contribution is 0.232. The van der Waals surface area contributed by atoms with Crippen LogP contribution in [-0.4, -0.2) is 51.9 Å². The van der Waals surface area contributed by atoms with Crippen LogP contribution in [0.25, 0.3) is 0 Å². The van der Waals surface area contributed by atoms with Gasteiger partial charge in [0.05, 0.1) is 4.90 Å². The summed E-state index contributed by atoms with van der Waals surface area (Å²) in [5.74, 6) is 0.898. The third-order valence-electron chi connectivity index (χ3n) is 3.95. The summed E-state index contributed by atoms with van der Waals surface area (Å²) < 4.78 is 31.5. The molecule has 0 N–H and O–H groups in total. The predicted octanol–water partition coefficient (Wildman–Crippen LogP) is 2.76. The molecule has 2 rings (SSSR count). The maximum absolute atomic E-state index is 12.2. The van der Waals surface area contributed by atoms with E-state index in [-0.39, 0.29) is 0 Å². The van der Waals surface area contributed by atoms with Gasteiger partial charge in [-0.3, -0.25) is 4.90 Å². The summed E-state index contributed by atoms with van der Waals surface area (Å²) >= 11 is 0. The van der Waals surface area contributed by atoms with Crippen molar-refractivity contribution in [1.82, 2.24) is 9.21 Å². The summed E-state index contributed by atoms with van der Waals surface area (Å²) in [5.41, 5.74) is 2.08. The van der Waals surface area contributed by atoms with Gasteiger partial charge in [-0.25, -0.2) is 12.7 Å². The Kier molecular flexibility index (Phi) is 6.58. The van der Waals surface area contributed by atoms with Crippen molar-refractivity contribution in [2.45, 2.75) is 18.4 Å². The van der Waals surface area contributed by atoms with Gasteiger partial charge in [-0.2, -0.15) is 0 Å². The molecule has 25 heavy (non-hydrogen) atoms. The Labute approximate surface area is 150 Å².